The molecule has 31 heavy (non-hydrogen) atoms. The number of halogens is 1. The molecule has 0 aromatic heterocycles. The predicted molar refractivity (Wildman–Crippen MR) is 120 cm³/mol. The van der Waals surface area contributed by atoms with Crippen molar-refractivity contribution < 1.29 is 22.7 Å². The zero-order valence-corrected chi connectivity index (χ0v) is 19.2. The highest BCUT2D eigenvalue weighted by molar-refractivity contribution is 7.89. The van der Waals surface area contributed by atoms with E-state index >= 15 is 0 Å². The smallest absolute Gasteiger partial charge is 0.243 e. The van der Waals surface area contributed by atoms with Crippen molar-refractivity contribution in [1.29, 1.82) is 0 Å². The fourth-order valence-corrected chi connectivity index (χ4v) is 5.37. The van der Waals surface area contributed by atoms with Crippen LogP contribution in [0, 0.1) is 5.92 Å². The zero-order valence-electron chi connectivity index (χ0n) is 17.6. The van der Waals surface area contributed by atoms with Crippen LogP contribution in [0.3, 0.4) is 0 Å². The summed E-state index contributed by atoms with van der Waals surface area (Å²) in [5.41, 5.74) is 0.577. The maximum atomic E-state index is 13.1. The van der Waals surface area contributed by atoms with E-state index in [4.69, 9.17) is 21.1 Å². The Kier molecular flexibility index (Phi) is 7.80. The monoisotopic (exact) mass is 466 g/mol. The molecule has 1 atom stereocenters. The quantitative estimate of drug-likeness (QED) is 0.630. The van der Waals surface area contributed by atoms with Gasteiger partial charge in [-0.25, -0.2) is 8.42 Å². The van der Waals surface area contributed by atoms with E-state index < -0.39 is 15.9 Å². The molecule has 0 saturated carbocycles. The third-order valence-corrected chi connectivity index (χ3v) is 7.20. The molecule has 0 bridgehead atoms. The molecule has 0 unspecified atom stereocenters. The van der Waals surface area contributed by atoms with E-state index in [0.717, 1.165) is 0 Å². The molecule has 1 aliphatic rings. The van der Waals surface area contributed by atoms with Gasteiger partial charge < -0.3 is 14.8 Å². The summed E-state index contributed by atoms with van der Waals surface area (Å²) < 4.78 is 38.6. The van der Waals surface area contributed by atoms with Gasteiger partial charge in [-0.05, 0) is 57.0 Å². The number of para-hydroxylation sites is 2. The second-order valence-corrected chi connectivity index (χ2v) is 9.49. The number of amides is 1. The molecule has 9 heteroatoms. The van der Waals surface area contributed by atoms with Crippen molar-refractivity contribution >= 4 is 33.2 Å². The number of nitrogens with zero attached hydrogens (tertiary/aromatic N) is 1. The Labute approximate surface area is 188 Å². The highest BCUT2D eigenvalue weighted by Gasteiger charge is 2.34. The summed E-state index contributed by atoms with van der Waals surface area (Å²) in [6, 6.07) is 11.6. The number of nitrogens with one attached hydrogen (secondary N) is 1. The summed E-state index contributed by atoms with van der Waals surface area (Å²) in [4.78, 5) is 13.0. The fraction of sp³-hybridized carbons (Fsp3) is 0.409. The number of anilines is 1. The third-order valence-electron chi connectivity index (χ3n) is 5.04. The SMILES string of the molecule is CCOc1ccc(S(=O)(=O)N2CCC[C@@H](C(=O)Nc3ccccc3OCC)C2)cc1Cl. The highest BCUT2D eigenvalue weighted by atomic mass is 35.5. The molecule has 0 aliphatic carbocycles. The van der Waals surface area contributed by atoms with Crippen LogP contribution in [-0.4, -0.2) is 44.9 Å². The fourth-order valence-electron chi connectivity index (χ4n) is 3.52. The van der Waals surface area contributed by atoms with Gasteiger partial charge in [-0.3, -0.25) is 4.79 Å². The Morgan fingerprint density at radius 1 is 1.13 bits per heavy atom. The van der Waals surface area contributed by atoms with Crippen LogP contribution >= 0.6 is 11.6 Å². The molecular formula is C22H27ClN2O5S. The minimum atomic E-state index is -3.78. The summed E-state index contributed by atoms with van der Waals surface area (Å²) >= 11 is 6.18. The van der Waals surface area contributed by atoms with Crippen molar-refractivity contribution in [2.45, 2.75) is 31.6 Å². The number of piperidine rings is 1. The first kappa shape index (κ1) is 23.4. The maximum absolute atomic E-state index is 13.1. The Morgan fingerprint density at radius 2 is 1.84 bits per heavy atom. The third kappa shape index (κ3) is 5.50. The molecule has 0 radical (unpaired) electrons. The Morgan fingerprint density at radius 3 is 2.55 bits per heavy atom. The number of sulfonamides is 1. The molecule has 2 aromatic carbocycles. The minimum Gasteiger partial charge on any atom is -0.492 e. The number of carbonyl (C=O) groups is 1. The van der Waals surface area contributed by atoms with Gasteiger partial charge in [-0.15, -0.1) is 0 Å². The number of hydrogen-bond acceptors (Lipinski definition) is 5. The summed E-state index contributed by atoms with van der Waals surface area (Å²) in [5.74, 6) is 0.336. The van der Waals surface area contributed by atoms with Gasteiger partial charge in [0.15, 0.2) is 0 Å². The molecule has 168 valence electrons. The maximum Gasteiger partial charge on any atom is 0.243 e. The van der Waals surface area contributed by atoms with E-state index in [0.29, 0.717) is 49.8 Å². The van der Waals surface area contributed by atoms with Gasteiger partial charge in [0, 0.05) is 13.1 Å². The van der Waals surface area contributed by atoms with Gasteiger partial charge in [0.25, 0.3) is 0 Å². The lowest BCUT2D eigenvalue weighted by Crippen LogP contribution is -2.43. The molecule has 7 nitrogen and oxygen atoms in total. The number of ether oxygens (including phenoxy) is 2. The molecule has 1 heterocycles. The molecule has 1 N–H and O–H groups in total. The Balaban J connectivity index is 1.74. The van der Waals surface area contributed by atoms with Gasteiger partial charge in [-0.2, -0.15) is 4.31 Å². The Bertz CT molecular complexity index is 1030. The highest BCUT2D eigenvalue weighted by Crippen LogP contribution is 2.31. The first-order chi connectivity index (χ1) is 14.9. The first-order valence-electron chi connectivity index (χ1n) is 10.3. The van der Waals surface area contributed by atoms with Crippen LogP contribution in [0.2, 0.25) is 5.02 Å². The minimum absolute atomic E-state index is 0.0868. The van der Waals surface area contributed by atoms with Crippen LogP contribution < -0.4 is 14.8 Å². The standard InChI is InChI=1S/C22H27ClN2O5S/c1-3-29-20-12-11-17(14-18(20)23)31(27,28)25-13-7-8-16(15-25)22(26)24-19-9-5-6-10-21(19)30-4-2/h5-6,9-12,14,16H,3-4,7-8,13,15H2,1-2H3,(H,24,26)/t16-/m1/s1. The van der Waals surface area contributed by atoms with Crippen LogP contribution in [0.1, 0.15) is 26.7 Å². The second-order valence-electron chi connectivity index (χ2n) is 7.15. The lowest BCUT2D eigenvalue weighted by molar-refractivity contribution is -0.120. The van der Waals surface area contributed by atoms with Crippen molar-refractivity contribution in [3.8, 4) is 11.5 Å². The van der Waals surface area contributed by atoms with Gasteiger partial charge >= 0.3 is 0 Å². The van der Waals surface area contributed by atoms with E-state index in [1.165, 1.54) is 16.4 Å². The topological polar surface area (TPSA) is 84.9 Å². The second kappa shape index (κ2) is 10.3. The van der Waals surface area contributed by atoms with E-state index in [-0.39, 0.29) is 22.4 Å². The van der Waals surface area contributed by atoms with E-state index in [2.05, 4.69) is 5.32 Å². The number of carbonyl (C=O) groups excluding carboxylic acids is 1. The summed E-state index contributed by atoms with van der Waals surface area (Å²) in [6.45, 7) is 5.07. The van der Waals surface area contributed by atoms with E-state index in [1.54, 1.807) is 18.2 Å². The van der Waals surface area contributed by atoms with Crippen LogP contribution in [0.5, 0.6) is 11.5 Å². The molecule has 0 spiro atoms. The molecular weight excluding hydrogens is 440 g/mol. The molecule has 1 amide bonds. The molecule has 1 fully saturated rings. The van der Waals surface area contributed by atoms with Gasteiger partial charge in [0.2, 0.25) is 15.9 Å². The molecule has 1 saturated heterocycles. The average molecular weight is 467 g/mol. The molecule has 3 rings (SSSR count). The predicted octanol–water partition coefficient (Wildman–Crippen LogP) is 4.18. The average Bonchev–Trinajstić information content (AvgIpc) is 2.77. The van der Waals surface area contributed by atoms with Crippen LogP contribution in [-0.2, 0) is 14.8 Å². The van der Waals surface area contributed by atoms with Crippen molar-refractivity contribution in [2.24, 2.45) is 5.92 Å². The Hall–Kier alpha value is -2.29. The van der Waals surface area contributed by atoms with Gasteiger partial charge in [0.05, 0.1) is 34.7 Å². The van der Waals surface area contributed by atoms with E-state index in [1.807, 2.05) is 26.0 Å². The lowest BCUT2D eigenvalue weighted by atomic mass is 9.98. The largest absolute Gasteiger partial charge is 0.492 e. The van der Waals surface area contributed by atoms with Crippen LogP contribution in [0.15, 0.2) is 47.4 Å². The van der Waals surface area contributed by atoms with Crippen molar-refractivity contribution in [3.05, 3.63) is 47.5 Å². The first-order valence-corrected chi connectivity index (χ1v) is 12.1. The normalized spacial score (nSPS) is 17.2. The van der Waals surface area contributed by atoms with Crippen molar-refractivity contribution in [2.75, 3.05) is 31.6 Å². The van der Waals surface area contributed by atoms with Crippen molar-refractivity contribution in [1.82, 2.24) is 4.31 Å². The molecule has 1 aliphatic heterocycles. The van der Waals surface area contributed by atoms with Gasteiger partial charge in [-0.1, -0.05) is 23.7 Å². The number of hydrogen-bond donors (Lipinski definition) is 1. The van der Waals surface area contributed by atoms with Crippen molar-refractivity contribution in [3.63, 3.8) is 0 Å². The zero-order chi connectivity index (χ0) is 22.4. The summed E-state index contributed by atoms with van der Waals surface area (Å²) in [5, 5.41) is 3.12. The van der Waals surface area contributed by atoms with Crippen LogP contribution in [0.4, 0.5) is 5.69 Å². The lowest BCUT2D eigenvalue weighted by Gasteiger charge is -2.31. The summed E-state index contributed by atoms with van der Waals surface area (Å²) in [6.07, 6.45) is 1.20. The number of rotatable bonds is 8. The van der Waals surface area contributed by atoms with Crippen LogP contribution in [0.25, 0.3) is 0 Å². The number of benzene rings is 2. The molecule has 2 aromatic rings. The van der Waals surface area contributed by atoms with E-state index in [9.17, 15) is 13.2 Å². The van der Waals surface area contributed by atoms with Gasteiger partial charge in [0.1, 0.15) is 11.5 Å². The summed E-state index contributed by atoms with van der Waals surface area (Å²) in [7, 11) is -3.78.